The van der Waals surface area contributed by atoms with Gasteiger partial charge in [-0.1, -0.05) is 20.8 Å². The van der Waals surface area contributed by atoms with Gasteiger partial charge in [0, 0.05) is 25.4 Å². The number of alkyl halides is 1. The van der Waals surface area contributed by atoms with Gasteiger partial charge in [0.25, 0.3) is 0 Å². The van der Waals surface area contributed by atoms with Gasteiger partial charge in [-0.05, 0) is 37.0 Å². The van der Waals surface area contributed by atoms with Crippen LogP contribution < -0.4 is 0 Å². The molecule has 1 saturated carbocycles. The number of hydrogen-bond donors (Lipinski definition) is 0. The highest BCUT2D eigenvalue weighted by Crippen LogP contribution is 2.40. The normalized spacial score (nSPS) is 25.7. The first-order valence-corrected chi connectivity index (χ1v) is 7.20. The predicted molar refractivity (Wildman–Crippen MR) is 73.3 cm³/mol. The molecule has 2 nitrogen and oxygen atoms in total. The number of carbonyl (C=O) groups is 1. The van der Waals surface area contributed by atoms with Gasteiger partial charge in [0.05, 0.1) is 0 Å². The van der Waals surface area contributed by atoms with E-state index in [2.05, 4.69) is 20.8 Å². The van der Waals surface area contributed by atoms with E-state index in [1.54, 1.807) is 4.90 Å². The maximum absolute atomic E-state index is 12.1. The third-order valence-electron chi connectivity index (χ3n) is 4.10. The molecule has 0 aliphatic heterocycles. The molecule has 3 heteroatoms. The quantitative estimate of drug-likeness (QED) is 0.710. The van der Waals surface area contributed by atoms with Crippen LogP contribution in [0.2, 0.25) is 0 Å². The number of hydrogen-bond acceptors (Lipinski definition) is 1. The first-order valence-electron chi connectivity index (χ1n) is 6.67. The minimum atomic E-state index is 0.238. The summed E-state index contributed by atoms with van der Waals surface area (Å²) in [5, 5.41) is 0. The summed E-state index contributed by atoms with van der Waals surface area (Å²) >= 11 is 5.67. The van der Waals surface area contributed by atoms with Crippen molar-refractivity contribution in [3.63, 3.8) is 0 Å². The van der Waals surface area contributed by atoms with Gasteiger partial charge in [-0.25, -0.2) is 0 Å². The highest BCUT2D eigenvalue weighted by atomic mass is 35.5. The molecule has 0 N–H and O–H groups in total. The van der Waals surface area contributed by atoms with E-state index < -0.39 is 0 Å². The molecule has 1 aliphatic rings. The number of amides is 1. The zero-order valence-corrected chi connectivity index (χ0v) is 12.4. The first kappa shape index (κ1) is 14.8. The van der Waals surface area contributed by atoms with Crippen molar-refractivity contribution in [3.8, 4) is 0 Å². The van der Waals surface area contributed by atoms with Crippen molar-refractivity contribution in [3.05, 3.63) is 0 Å². The summed E-state index contributed by atoms with van der Waals surface area (Å²) in [4.78, 5) is 13.9. The van der Waals surface area contributed by atoms with Crippen LogP contribution in [0.25, 0.3) is 0 Å². The summed E-state index contributed by atoms with van der Waals surface area (Å²) < 4.78 is 0. The molecule has 0 heterocycles. The van der Waals surface area contributed by atoms with Gasteiger partial charge in [0.1, 0.15) is 0 Å². The van der Waals surface area contributed by atoms with Gasteiger partial charge < -0.3 is 4.90 Å². The summed E-state index contributed by atoms with van der Waals surface area (Å²) in [7, 11) is 1.86. The highest BCUT2D eigenvalue weighted by molar-refractivity contribution is 6.18. The molecule has 0 radical (unpaired) electrons. The van der Waals surface area contributed by atoms with Crippen LogP contribution in [0.4, 0.5) is 0 Å². The van der Waals surface area contributed by atoms with E-state index in [1.807, 2.05) is 7.05 Å². The lowest BCUT2D eigenvalue weighted by atomic mass is 9.69. The lowest BCUT2D eigenvalue weighted by Gasteiger charge is -2.37. The highest BCUT2D eigenvalue weighted by Gasteiger charge is 2.33. The molecule has 1 aliphatic carbocycles. The minimum Gasteiger partial charge on any atom is -0.344 e. The van der Waals surface area contributed by atoms with Crippen LogP contribution in [0.15, 0.2) is 0 Å². The van der Waals surface area contributed by atoms with Crippen LogP contribution in [0.5, 0.6) is 0 Å². The molecular formula is C14H26ClNO. The Hall–Kier alpha value is -0.240. The molecule has 1 rings (SSSR count). The smallest absolute Gasteiger partial charge is 0.225 e. The topological polar surface area (TPSA) is 20.3 Å². The summed E-state index contributed by atoms with van der Waals surface area (Å²) in [6.45, 7) is 7.58. The SMILES string of the molecule is CN(CCCl)C(=O)C1CCC(C(C)(C)C)CC1. The van der Waals surface area contributed by atoms with Crippen molar-refractivity contribution in [1.82, 2.24) is 4.90 Å². The summed E-state index contributed by atoms with van der Waals surface area (Å²) in [6.07, 6.45) is 4.48. The predicted octanol–water partition coefficient (Wildman–Crippen LogP) is 3.54. The van der Waals surface area contributed by atoms with E-state index in [0.717, 1.165) is 18.8 Å². The molecule has 1 amide bonds. The van der Waals surface area contributed by atoms with Gasteiger partial charge in [-0.2, -0.15) is 0 Å². The molecule has 17 heavy (non-hydrogen) atoms. The van der Waals surface area contributed by atoms with Gasteiger partial charge >= 0.3 is 0 Å². The molecule has 0 aromatic heterocycles. The average Bonchev–Trinajstić information content (AvgIpc) is 2.27. The Balaban J connectivity index is 2.44. The Morgan fingerprint density at radius 3 is 2.18 bits per heavy atom. The largest absolute Gasteiger partial charge is 0.344 e. The van der Waals surface area contributed by atoms with Gasteiger partial charge in [0.15, 0.2) is 0 Å². The molecule has 0 bridgehead atoms. The number of halogens is 1. The van der Waals surface area contributed by atoms with Crippen molar-refractivity contribution in [2.75, 3.05) is 19.5 Å². The monoisotopic (exact) mass is 259 g/mol. The van der Waals surface area contributed by atoms with Gasteiger partial charge in [-0.15, -0.1) is 11.6 Å². The zero-order chi connectivity index (χ0) is 13.1. The molecule has 0 atom stereocenters. The minimum absolute atomic E-state index is 0.238. The van der Waals surface area contributed by atoms with Gasteiger partial charge in [0.2, 0.25) is 5.91 Å². The van der Waals surface area contributed by atoms with Crippen molar-refractivity contribution in [2.45, 2.75) is 46.5 Å². The van der Waals surface area contributed by atoms with Crippen LogP contribution in [0.3, 0.4) is 0 Å². The van der Waals surface area contributed by atoms with Crippen LogP contribution in [-0.2, 0) is 4.79 Å². The van der Waals surface area contributed by atoms with Crippen molar-refractivity contribution in [1.29, 1.82) is 0 Å². The fourth-order valence-corrected chi connectivity index (χ4v) is 3.01. The molecule has 0 unspecified atom stereocenters. The summed E-state index contributed by atoms with van der Waals surface area (Å²) in [6, 6.07) is 0. The van der Waals surface area contributed by atoms with Crippen LogP contribution in [0.1, 0.15) is 46.5 Å². The molecule has 0 spiro atoms. The fraction of sp³-hybridized carbons (Fsp3) is 0.929. The number of carbonyl (C=O) groups excluding carboxylic acids is 1. The first-order chi connectivity index (χ1) is 7.86. The maximum atomic E-state index is 12.1. The van der Waals surface area contributed by atoms with E-state index in [9.17, 15) is 4.79 Å². The van der Waals surface area contributed by atoms with Crippen LogP contribution in [-0.4, -0.2) is 30.3 Å². The Morgan fingerprint density at radius 1 is 1.24 bits per heavy atom. The van der Waals surface area contributed by atoms with Crippen molar-refractivity contribution >= 4 is 17.5 Å². The standard InChI is InChI=1S/C14H26ClNO/c1-14(2,3)12-7-5-11(6-8-12)13(17)16(4)10-9-15/h11-12H,5-10H2,1-4H3. The second kappa shape index (κ2) is 6.08. The Morgan fingerprint density at radius 2 is 1.76 bits per heavy atom. The molecule has 0 saturated heterocycles. The van der Waals surface area contributed by atoms with E-state index in [4.69, 9.17) is 11.6 Å². The van der Waals surface area contributed by atoms with Crippen molar-refractivity contribution in [2.24, 2.45) is 17.3 Å². The second-order valence-corrected chi connectivity index (χ2v) is 6.74. The summed E-state index contributed by atoms with van der Waals surface area (Å²) in [5.74, 6) is 1.82. The summed E-state index contributed by atoms with van der Waals surface area (Å²) in [5.41, 5.74) is 0.385. The maximum Gasteiger partial charge on any atom is 0.225 e. The third-order valence-corrected chi connectivity index (χ3v) is 4.27. The molecule has 100 valence electrons. The zero-order valence-electron chi connectivity index (χ0n) is 11.6. The second-order valence-electron chi connectivity index (χ2n) is 6.36. The van der Waals surface area contributed by atoms with Crippen molar-refractivity contribution < 1.29 is 4.79 Å². The van der Waals surface area contributed by atoms with E-state index in [0.29, 0.717) is 17.8 Å². The fourth-order valence-electron chi connectivity index (χ4n) is 2.76. The molecule has 0 aromatic rings. The lowest BCUT2D eigenvalue weighted by Crippen LogP contribution is -2.37. The van der Waals surface area contributed by atoms with E-state index in [1.165, 1.54) is 12.8 Å². The molecule has 0 aromatic carbocycles. The third kappa shape index (κ3) is 4.17. The van der Waals surface area contributed by atoms with E-state index in [-0.39, 0.29) is 11.8 Å². The lowest BCUT2D eigenvalue weighted by molar-refractivity contribution is -0.135. The van der Waals surface area contributed by atoms with Gasteiger partial charge in [-0.3, -0.25) is 4.79 Å². The Kier molecular flexibility index (Phi) is 5.30. The number of nitrogens with zero attached hydrogens (tertiary/aromatic N) is 1. The number of rotatable bonds is 3. The Bertz CT molecular complexity index is 251. The molecule has 1 fully saturated rings. The Labute approximate surface area is 111 Å². The molecular weight excluding hydrogens is 234 g/mol. The van der Waals surface area contributed by atoms with E-state index >= 15 is 0 Å². The average molecular weight is 260 g/mol. The van der Waals surface area contributed by atoms with Crippen LogP contribution >= 0.6 is 11.6 Å². The van der Waals surface area contributed by atoms with Crippen LogP contribution in [0, 0.1) is 17.3 Å².